The maximum Gasteiger partial charge on any atom is 0.254 e. The first-order chi connectivity index (χ1) is 11.2. The quantitative estimate of drug-likeness (QED) is 0.869. The molecule has 0 aliphatic heterocycles. The fraction of sp³-hybridized carbons (Fsp3) is 0.412. The van der Waals surface area contributed by atoms with Crippen molar-refractivity contribution < 1.29 is 13.2 Å². The van der Waals surface area contributed by atoms with Crippen LogP contribution in [-0.4, -0.2) is 30.4 Å². The highest BCUT2D eigenvalue weighted by molar-refractivity contribution is 7.90. The summed E-state index contributed by atoms with van der Waals surface area (Å²) in [6, 6.07) is 6.61. The molecule has 1 aromatic carbocycles. The largest absolute Gasteiger partial charge is 0.345 e. The first kappa shape index (κ1) is 18.2. The van der Waals surface area contributed by atoms with Crippen LogP contribution in [0, 0.1) is 0 Å². The van der Waals surface area contributed by atoms with Gasteiger partial charge in [-0.1, -0.05) is 19.1 Å². The molecule has 1 amide bonds. The van der Waals surface area contributed by atoms with Gasteiger partial charge in [0, 0.05) is 18.5 Å². The van der Waals surface area contributed by atoms with Gasteiger partial charge in [0.1, 0.15) is 0 Å². The van der Waals surface area contributed by atoms with Crippen molar-refractivity contribution in [2.75, 3.05) is 6.26 Å². The zero-order chi connectivity index (χ0) is 17.9. The van der Waals surface area contributed by atoms with Gasteiger partial charge in [0.2, 0.25) is 0 Å². The van der Waals surface area contributed by atoms with Crippen LogP contribution >= 0.6 is 0 Å². The molecule has 0 saturated heterocycles. The number of sulfone groups is 1. The van der Waals surface area contributed by atoms with Crippen molar-refractivity contribution in [2.24, 2.45) is 0 Å². The summed E-state index contributed by atoms with van der Waals surface area (Å²) in [4.78, 5) is 12.7. The fourth-order valence-corrected chi connectivity index (χ4v) is 2.98. The summed E-state index contributed by atoms with van der Waals surface area (Å²) in [5.41, 5.74) is 1.38. The molecule has 1 aromatic heterocycles. The lowest BCUT2D eigenvalue weighted by molar-refractivity contribution is 0.0935. The number of benzene rings is 1. The molecule has 24 heavy (non-hydrogen) atoms. The summed E-state index contributed by atoms with van der Waals surface area (Å²) in [5, 5.41) is 7.14. The molecule has 0 spiro atoms. The Morgan fingerprint density at radius 3 is 2.33 bits per heavy atom. The van der Waals surface area contributed by atoms with Crippen molar-refractivity contribution in [3.63, 3.8) is 0 Å². The molecule has 7 heteroatoms. The lowest BCUT2D eigenvalue weighted by atomic mass is 10.0. The third-order valence-electron chi connectivity index (χ3n) is 3.82. The number of aromatic nitrogens is 2. The number of carbonyl (C=O) groups excluding carboxylic acids is 1. The molecule has 6 nitrogen and oxygen atoms in total. The van der Waals surface area contributed by atoms with Crippen molar-refractivity contribution in [1.29, 1.82) is 0 Å². The second-order valence-electron chi connectivity index (χ2n) is 6.08. The van der Waals surface area contributed by atoms with E-state index < -0.39 is 9.84 Å². The van der Waals surface area contributed by atoms with E-state index >= 15 is 0 Å². The first-order valence-electron chi connectivity index (χ1n) is 7.87. The van der Waals surface area contributed by atoms with E-state index in [0.29, 0.717) is 12.0 Å². The molecule has 0 fully saturated rings. The predicted octanol–water partition coefficient (Wildman–Crippen LogP) is 2.75. The van der Waals surface area contributed by atoms with Gasteiger partial charge in [-0.15, -0.1) is 0 Å². The van der Waals surface area contributed by atoms with Crippen LogP contribution in [0.3, 0.4) is 0 Å². The van der Waals surface area contributed by atoms with Crippen LogP contribution in [-0.2, 0) is 9.84 Å². The van der Waals surface area contributed by atoms with Gasteiger partial charge in [0.15, 0.2) is 9.84 Å². The number of hydrogen-bond donors (Lipinski definition) is 1. The van der Waals surface area contributed by atoms with Crippen molar-refractivity contribution in [2.45, 2.75) is 44.2 Å². The lowest BCUT2D eigenvalue weighted by Crippen LogP contribution is -2.28. The molecule has 2 rings (SSSR count). The van der Waals surface area contributed by atoms with Crippen molar-refractivity contribution >= 4 is 15.7 Å². The Morgan fingerprint density at radius 1 is 1.25 bits per heavy atom. The third-order valence-corrected chi connectivity index (χ3v) is 4.95. The minimum absolute atomic E-state index is 0.187. The number of nitrogens with one attached hydrogen (secondary N) is 1. The van der Waals surface area contributed by atoms with Gasteiger partial charge in [0.25, 0.3) is 5.91 Å². The highest BCUT2D eigenvalue weighted by Gasteiger charge is 2.17. The molecular weight excluding hydrogens is 326 g/mol. The molecule has 2 aromatic rings. The van der Waals surface area contributed by atoms with Crippen molar-refractivity contribution in [1.82, 2.24) is 15.1 Å². The number of nitrogens with zero attached hydrogens (tertiary/aromatic N) is 2. The monoisotopic (exact) mass is 349 g/mol. The summed E-state index contributed by atoms with van der Waals surface area (Å²) in [5.74, 6) is -0.194. The van der Waals surface area contributed by atoms with E-state index in [-0.39, 0.29) is 22.9 Å². The summed E-state index contributed by atoms with van der Waals surface area (Å²) in [6.45, 7) is 5.95. The second-order valence-corrected chi connectivity index (χ2v) is 8.09. The van der Waals surface area contributed by atoms with Crippen LogP contribution < -0.4 is 5.32 Å². The number of amides is 1. The van der Waals surface area contributed by atoms with Gasteiger partial charge in [-0.3, -0.25) is 9.48 Å². The molecule has 1 atom stereocenters. The van der Waals surface area contributed by atoms with Gasteiger partial charge in [-0.25, -0.2) is 8.42 Å². The number of hydrogen-bond acceptors (Lipinski definition) is 4. The van der Waals surface area contributed by atoms with Gasteiger partial charge in [-0.2, -0.15) is 5.10 Å². The predicted molar refractivity (Wildman–Crippen MR) is 92.7 cm³/mol. The van der Waals surface area contributed by atoms with Crippen LogP contribution in [0.5, 0.6) is 0 Å². The lowest BCUT2D eigenvalue weighted by Gasteiger charge is -2.17. The van der Waals surface area contributed by atoms with E-state index in [1.165, 1.54) is 6.26 Å². The topological polar surface area (TPSA) is 81.1 Å². The SMILES string of the molecule is CC[C@H](NC(=O)c1cnn(C(C)C)c1)c1ccc(S(C)(=O)=O)cc1. The molecule has 0 radical (unpaired) electrons. The Kier molecular flexibility index (Phi) is 5.43. The molecule has 0 unspecified atom stereocenters. The molecule has 130 valence electrons. The van der Waals surface area contributed by atoms with E-state index in [2.05, 4.69) is 10.4 Å². The van der Waals surface area contributed by atoms with Crippen LogP contribution in [0.1, 0.15) is 55.2 Å². The minimum Gasteiger partial charge on any atom is -0.345 e. The number of carbonyl (C=O) groups is 1. The molecule has 0 bridgehead atoms. The van der Waals surface area contributed by atoms with Crippen LogP contribution in [0.2, 0.25) is 0 Å². The Hall–Kier alpha value is -2.15. The highest BCUT2D eigenvalue weighted by Crippen LogP contribution is 2.20. The maximum atomic E-state index is 12.4. The molecule has 0 saturated carbocycles. The fourth-order valence-electron chi connectivity index (χ4n) is 2.35. The van der Waals surface area contributed by atoms with Crippen LogP contribution in [0.4, 0.5) is 0 Å². The summed E-state index contributed by atoms with van der Waals surface area (Å²) in [6.07, 6.45) is 5.14. The molecule has 1 heterocycles. The van der Waals surface area contributed by atoms with E-state index in [9.17, 15) is 13.2 Å². The molecule has 0 aliphatic rings. The van der Waals surface area contributed by atoms with Gasteiger partial charge >= 0.3 is 0 Å². The average molecular weight is 349 g/mol. The minimum atomic E-state index is -3.22. The Labute approximate surface area is 142 Å². The van der Waals surface area contributed by atoms with Gasteiger partial charge < -0.3 is 5.32 Å². The zero-order valence-corrected chi connectivity index (χ0v) is 15.2. The van der Waals surface area contributed by atoms with Crippen LogP contribution in [0.15, 0.2) is 41.6 Å². The summed E-state index contributed by atoms with van der Waals surface area (Å²) >= 11 is 0. The van der Waals surface area contributed by atoms with Crippen LogP contribution in [0.25, 0.3) is 0 Å². The Bertz CT molecular complexity index is 808. The summed E-state index contributed by atoms with van der Waals surface area (Å²) < 4.78 is 24.8. The molecule has 1 N–H and O–H groups in total. The molecular formula is C17H23N3O3S. The first-order valence-corrected chi connectivity index (χ1v) is 9.76. The van der Waals surface area contributed by atoms with Gasteiger partial charge in [-0.05, 0) is 38.0 Å². The summed E-state index contributed by atoms with van der Waals surface area (Å²) in [7, 11) is -3.22. The van der Waals surface area contributed by atoms with Gasteiger partial charge in [0.05, 0.1) is 22.7 Å². The van der Waals surface area contributed by atoms with E-state index in [1.807, 2.05) is 20.8 Å². The average Bonchev–Trinajstić information content (AvgIpc) is 3.02. The Morgan fingerprint density at radius 2 is 1.88 bits per heavy atom. The van der Waals surface area contributed by atoms with Crippen molar-refractivity contribution in [3.8, 4) is 0 Å². The van der Waals surface area contributed by atoms with E-state index in [0.717, 1.165) is 5.56 Å². The highest BCUT2D eigenvalue weighted by atomic mass is 32.2. The third kappa shape index (κ3) is 4.23. The normalized spacial score (nSPS) is 13.0. The smallest absolute Gasteiger partial charge is 0.254 e. The second kappa shape index (κ2) is 7.17. The van der Waals surface area contributed by atoms with E-state index in [1.54, 1.807) is 41.3 Å². The Balaban J connectivity index is 2.15. The van der Waals surface area contributed by atoms with E-state index in [4.69, 9.17) is 0 Å². The van der Waals surface area contributed by atoms with Crippen molar-refractivity contribution in [3.05, 3.63) is 47.8 Å². The standard InChI is InChI=1S/C17H23N3O3S/c1-5-16(13-6-8-15(9-7-13)24(4,22)23)19-17(21)14-10-18-20(11-14)12(2)3/h6-12,16H,5H2,1-4H3,(H,19,21)/t16-/m0/s1. The molecule has 0 aliphatic carbocycles. The number of rotatable bonds is 6. The maximum absolute atomic E-state index is 12.4. The zero-order valence-electron chi connectivity index (χ0n) is 14.4.